The highest BCUT2D eigenvalue weighted by molar-refractivity contribution is 8.14. The van der Waals surface area contributed by atoms with Crippen molar-refractivity contribution in [2.75, 3.05) is 25.4 Å². The Morgan fingerprint density at radius 2 is 1.87 bits per heavy atom. The van der Waals surface area contributed by atoms with Crippen molar-refractivity contribution in [3.05, 3.63) is 65.7 Å². The minimum atomic E-state index is -0.671. The van der Waals surface area contributed by atoms with Gasteiger partial charge in [-0.3, -0.25) is 19.4 Å². The van der Waals surface area contributed by atoms with E-state index < -0.39 is 6.04 Å². The van der Waals surface area contributed by atoms with Crippen LogP contribution in [0.5, 0.6) is 0 Å². The van der Waals surface area contributed by atoms with Gasteiger partial charge in [-0.05, 0) is 43.4 Å². The summed E-state index contributed by atoms with van der Waals surface area (Å²) in [5.41, 5.74) is 2.63. The third-order valence-corrected chi connectivity index (χ3v) is 7.59. The first-order valence-corrected chi connectivity index (χ1v) is 14.0. The maximum absolute atomic E-state index is 13.4. The Hall–Kier alpha value is -3.50. The fourth-order valence-corrected chi connectivity index (χ4v) is 5.48. The predicted molar refractivity (Wildman–Crippen MR) is 148 cm³/mol. The zero-order valence-electron chi connectivity index (χ0n) is 21.1. The molecule has 0 radical (unpaired) electrons. The monoisotopic (exact) mass is 533 g/mol. The Bertz CT molecular complexity index is 1240. The number of nitrogens with one attached hydrogen (secondary N) is 2. The number of nitrogens with zero attached hydrogens (tertiary/aromatic N) is 3. The molecule has 2 aromatic rings. The third kappa shape index (κ3) is 6.31. The van der Waals surface area contributed by atoms with Gasteiger partial charge in [0.2, 0.25) is 11.8 Å². The summed E-state index contributed by atoms with van der Waals surface area (Å²) in [6, 6.07) is 16.8. The number of hydrogen-bond donors (Lipinski definition) is 2. The first-order valence-electron chi connectivity index (χ1n) is 13.0. The average molecular weight is 534 g/mol. The maximum atomic E-state index is 13.4. The van der Waals surface area contributed by atoms with Gasteiger partial charge in [-0.2, -0.15) is 0 Å². The number of carbonyl (C=O) groups excluding carboxylic acids is 3. The van der Waals surface area contributed by atoms with Gasteiger partial charge in [0.05, 0.1) is 17.5 Å². The molecular weight excluding hydrogens is 502 g/mol. The number of thioether (sulfide) groups is 1. The second-order valence-corrected chi connectivity index (χ2v) is 10.3. The van der Waals surface area contributed by atoms with E-state index in [0.717, 1.165) is 37.0 Å². The van der Waals surface area contributed by atoms with Crippen LogP contribution in [0.1, 0.15) is 36.8 Å². The second-order valence-electron chi connectivity index (χ2n) is 9.41. The van der Waals surface area contributed by atoms with Gasteiger partial charge in [0.25, 0.3) is 5.91 Å². The first kappa shape index (κ1) is 26.1. The van der Waals surface area contributed by atoms with E-state index in [0.29, 0.717) is 36.2 Å². The molecule has 0 spiro atoms. The Labute approximate surface area is 226 Å². The van der Waals surface area contributed by atoms with Gasteiger partial charge in [-0.1, -0.05) is 54.2 Å². The molecule has 0 saturated carbocycles. The predicted octanol–water partition coefficient (Wildman–Crippen LogP) is 2.81. The van der Waals surface area contributed by atoms with E-state index in [9.17, 15) is 14.4 Å². The van der Waals surface area contributed by atoms with Crippen LogP contribution in [0.15, 0.2) is 64.6 Å². The fraction of sp³-hybridized carbons (Fsp3) is 0.393. The van der Waals surface area contributed by atoms with Gasteiger partial charge < -0.3 is 15.4 Å². The van der Waals surface area contributed by atoms with Gasteiger partial charge in [0.1, 0.15) is 11.9 Å². The molecule has 198 valence electrons. The van der Waals surface area contributed by atoms with E-state index in [4.69, 9.17) is 9.73 Å². The fourth-order valence-electron chi connectivity index (χ4n) is 4.65. The van der Waals surface area contributed by atoms with Crippen molar-refractivity contribution in [3.63, 3.8) is 0 Å². The van der Waals surface area contributed by atoms with Gasteiger partial charge in [-0.25, -0.2) is 9.89 Å². The van der Waals surface area contributed by atoms with E-state index in [1.165, 1.54) is 16.7 Å². The molecule has 0 aromatic heterocycles. The molecule has 2 N–H and O–H groups in total. The summed E-state index contributed by atoms with van der Waals surface area (Å²) in [5.74, 6) is 0.181. The lowest BCUT2D eigenvalue weighted by Crippen LogP contribution is -2.42. The van der Waals surface area contributed by atoms with E-state index >= 15 is 0 Å². The van der Waals surface area contributed by atoms with E-state index in [-0.39, 0.29) is 36.0 Å². The third-order valence-electron chi connectivity index (χ3n) is 6.65. The number of aliphatic imine (C=N–C) groups is 2. The number of para-hydroxylation sites is 1. The SMILES string of the molecule is O=C(CC[C@@H]1N=C2c3ccccc3N=C(SCC(=O)NC[C@@H]3CCCO3)N2C1=O)NCCc1ccccc1. The molecule has 3 aliphatic rings. The van der Waals surface area contributed by atoms with Crippen molar-refractivity contribution >= 4 is 46.2 Å². The minimum Gasteiger partial charge on any atom is -0.376 e. The van der Waals surface area contributed by atoms with Crippen LogP contribution in [0.2, 0.25) is 0 Å². The molecule has 0 bridgehead atoms. The Balaban J connectivity index is 1.18. The normalized spacial score (nSPS) is 19.9. The number of fused-ring (bicyclic) bond motifs is 3. The maximum Gasteiger partial charge on any atom is 0.259 e. The van der Waals surface area contributed by atoms with Crippen LogP contribution in [-0.2, 0) is 25.5 Å². The molecule has 0 unspecified atom stereocenters. The number of hydrogen-bond acceptors (Lipinski definition) is 7. The summed E-state index contributed by atoms with van der Waals surface area (Å²) >= 11 is 1.21. The molecule has 3 amide bonds. The Kier molecular flexibility index (Phi) is 8.50. The number of ether oxygens (including phenoxy) is 1. The second kappa shape index (κ2) is 12.4. The van der Waals surface area contributed by atoms with Gasteiger partial charge in [0.15, 0.2) is 5.17 Å². The highest BCUT2D eigenvalue weighted by Crippen LogP contribution is 2.34. The zero-order valence-corrected chi connectivity index (χ0v) is 21.9. The highest BCUT2D eigenvalue weighted by Gasteiger charge is 2.41. The summed E-state index contributed by atoms with van der Waals surface area (Å²) in [6.45, 7) is 1.76. The number of amidine groups is 2. The quantitative estimate of drug-likeness (QED) is 0.488. The van der Waals surface area contributed by atoms with Crippen LogP contribution in [0.4, 0.5) is 5.69 Å². The lowest BCUT2D eigenvalue weighted by Gasteiger charge is -2.25. The summed E-state index contributed by atoms with van der Waals surface area (Å²) in [7, 11) is 0. The number of rotatable bonds is 10. The molecule has 1 fully saturated rings. The molecule has 1 saturated heterocycles. The molecule has 3 aliphatic heterocycles. The topological polar surface area (TPSA) is 112 Å². The van der Waals surface area contributed by atoms with Gasteiger partial charge >= 0.3 is 0 Å². The van der Waals surface area contributed by atoms with E-state index in [1.54, 1.807) is 0 Å². The summed E-state index contributed by atoms with van der Waals surface area (Å²) < 4.78 is 5.56. The van der Waals surface area contributed by atoms with Crippen LogP contribution < -0.4 is 10.6 Å². The summed E-state index contributed by atoms with van der Waals surface area (Å²) in [4.78, 5) is 49.2. The molecule has 0 aliphatic carbocycles. The van der Waals surface area contributed by atoms with E-state index in [1.807, 2.05) is 54.6 Å². The van der Waals surface area contributed by atoms with Gasteiger partial charge in [-0.15, -0.1) is 0 Å². The van der Waals surface area contributed by atoms with Crippen LogP contribution in [0.25, 0.3) is 0 Å². The van der Waals surface area contributed by atoms with Crippen LogP contribution in [0, 0.1) is 0 Å². The van der Waals surface area contributed by atoms with Crippen molar-refractivity contribution in [1.29, 1.82) is 0 Å². The lowest BCUT2D eigenvalue weighted by molar-refractivity contribution is -0.125. The van der Waals surface area contributed by atoms with Crippen molar-refractivity contribution < 1.29 is 19.1 Å². The molecule has 2 aromatic carbocycles. The average Bonchev–Trinajstić information content (AvgIpc) is 3.58. The van der Waals surface area contributed by atoms with Crippen LogP contribution in [0.3, 0.4) is 0 Å². The first-order chi connectivity index (χ1) is 18.6. The van der Waals surface area contributed by atoms with Crippen molar-refractivity contribution in [1.82, 2.24) is 15.5 Å². The molecular formula is C28H31N5O4S. The summed E-state index contributed by atoms with van der Waals surface area (Å²) in [5, 5.41) is 6.26. The highest BCUT2D eigenvalue weighted by atomic mass is 32.2. The van der Waals surface area contributed by atoms with Crippen LogP contribution in [-0.4, -0.2) is 71.2 Å². The van der Waals surface area contributed by atoms with Crippen molar-refractivity contribution in [2.24, 2.45) is 9.98 Å². The Morgan fingerprint density at radius 3 is 2.68 bits per heavy atom. The smallest absolute Gasteiger partial charge is 0.259 e. The number of carbonyl (C=O) groups is 3. The molecule has 3 heterocycles. The largest absolute Gasteiger partial charge is 0.376 e. The number of amides is 3. The van der Waals surface area contributed by atoms with Crippen molar-refractivity contribution in [3.8, 4) is 0 Å². The molecule has 5 rings (SSSR count). The van der Waals surface area contributed by atoms with Crippen LogP contribution >= 0.6 is 11.8 Å². The molecule has 9 nitrogen and oxygen atoms in total. The minimum absolute atomic E-state index is 0.0676. The number of benzene rings is 2. The lowest BCUT2D eigenvalue weighted by atomic mass is 10.1. The van der Waals surface area contributed by atoms with E-state index in [2.05, 4.69) is 15.6 Å². The van der Waals surface area contributed by atoms with Crippen molar-refractivity contribution in [2.45, 2.75) is 44.2 Å². The molecule has 38 heavy (non-hydrogen) atoms. The molecule has 10 heteroatoms. The summed E-state index contributed by atoms with van der Waals surface area (Å²) in [6.07, 6.45) is 3.28. The molecule has 2 atom stereocenters. The van der Waals surface area contributed by atoms with Gasteiger partial charge in [0, 0.05) is 31.7 Å². The Morgan fingerprint density at radius 1 is 1.05 bits per heavy atom. The zero-order chi connectivity index (χ0) is 26.3. The standard InChI is InChI=1S/C28H31N5O4S/c34-24(29-15-14-19-7-2-1-3-8-19)13-12-23-27(36)33-26(31-23)21-10-4-5-11-22(21)32-28(33)38-18-25(35)30-17-20-9-6-16-37-20/h1-5,7-8,10-11,20,23H,6,9,12-18H2,(H,29,34)(H,30,35)/t20-,23-/m0/s1.